The number of nitro groups is 1. The summed E-state index contributed by atoms with van der Waals surface area (Å²) in [5, 5.41) is 19.4. The van der Waals surface area contributed by atoms with E-state index in [-0.39, 0.29) is 22.9 Å². The molecule has 1 aromatic heterocycles. The maximum Gasteiger partial charge on any atom is 0.311 e. The van der Waals surface area contributed by atoms with Gasteiger partial charge in [0.05, 0.1) is 22.0 Å². The molecule has 4 aromatic rings. The second-order valence-corrected chi connectivity index (χ2v) is 10.9. The monoisotopic (exact) mass is 617 g/mol. The number of nitrogens with one attached hydrogen (secondary N) is 1. The molecule has 10 nitrogen and oxygen atoms in total. The van der Waals surface area contributed by atoms with E-state index >= 15 is 0 Å². The number of carbonyl (C=O) groups is 1. The lowest BCUT2D eigenvalue weighted by molar-refractivity contribution is -0.385. The second kappa shape index (κ2) is 12.4. The quantitative estimate of drug-likeness (QED) is 0.140. The van der Waals surface area contributed by atoms with Crippen molar-refractivity contribution < 1.29 is 14.5 Å². The number of aryl methyl sites for hydroxylation is 1. The lowest BCUT2D eigenvalue weighted by atomic mass is 9.88. The molecular formula is C30H28BrN5O5. The Bertz CT molecular complexity index is 1690. The lowest BCUT2D eigenvalue weighted by Crippen LogP contribution is -2.25. The molecule has 1 aliphatic rings. The van der Waals surface area contributed by atoms with Gasteiger partial charge in [-0.25, -0.2) is 4.98 Å². The largest absolute Gasteiger partial charge is 0.477 e. The molecule has 210 valence electrons. The summed E-state index contributed by atoms with van der Waals surface area (Å²) in [6, 6.07) is 16.9. The third kappa shape index (κ3) is 6.68. The van der Waals surface area contributed by atoms with E-state index in [1.54, 1.807) is 24.3 Å². The number of rotatable bonds is 8. The zero-order valence-corrected chi connectivity index (χ0v) is 24.0. The number of hydrogen-bond acceptors (Lipinski definition) is 7. The highest BCUT2D eigenvalue weighted by Crippen LogP contribution is 2.32. The number of halogens is 1. The Morgan fingerprint density at radius 2 is 1.90 bits per heavy atom. The summed E-state index contributed by atoms with van der Waals surface area (Å²) in [6.07, 6.45) is 6.49. The van der Waals surface area contributed by atoms with Gasteiger partial charge in [0.25, 0.3) is 11.5 Å². The number of carbonyl (C=O) groups excluding carboxylic acids is 1. The van der Waals surface area contributed by atoms with Crippen LogP contribution >= 0.6 is 15.9 Å². The fourth-order valence-corrected chi connectivity index (χ4v) is 5.24. The van der Waals surface area contributed by atoms with Crippen LogP contribution in [0, 0.1) is 17.0 Å². The Hall–Kier alpha value is -4.38. The second-order valence-electron chi connectivity index (χ2n) is 10.0. The van der Waals surface area contributed by atoms with Gasteiger partial charge in [-0.15, -0.1) is 0 Å². The van der Waals surface area contributed by atoms with Gasteiger partial charge in [-0.1, -0.05) is 52.9 Å². The molecule has 3 aromatic carbocycles. The van der Waals surface area contributed by atoms with E-state index in [0.29, 0.717) is 28.0 Å². The summed E-state index contributed by atoms with van der Waals surface area (Å²) >= 11 is 3.42. The number of hydrogen-bond donors (Lipinski definition) is 1. The number of benzene rings is 3. The van der Waals surface area contributed by atoms with Crippen molar-refractivity contribution in [1.82, 2.24) is 9.66 Å². The number of amides is 1. The minimum atomic E-state index is -0.584. The number of anilines is 1. The van der Waals surface area contributed by atoms with Crippen LogP contribution in [0.5, 0.6) is 5.75 Å². The van der Waals surface area contributed by atoms with Crippen LogP contribution in [0.3, 0.4) is 0 Å². The molecule has 41 heavy (non-hydrogen) atoms. The van der Waals surface area contributed by atoms with Crippen molar-refractivity contribution in [2.45, 2.75) is 44.9 Å². The van der Waals surface area contributed by atoms with Crippen LogP contribution in [0.15, 0.2) is 75.0 Å². The van der Waals surface area contributed by atoms with E-state index in [4.69, 9.17) is 9.72 Å². The first-order valence-electron chi connectivity index (χ1n) is 13.3. The van der Waals surface area contributed by atoms with E-state index in [9.17, 15) is 19.7 Å². The fourth-order valence-electron chi connectivity index (χ4n) is 4.88. The minimum absolute atomic E-state index is 0.0523. The summed E-state index contributed by atoms with van der Waals surface area (Å²) in [6.45, 7) is 1.54. The molecule has 1 fully saturated rings. The molecule has 0 bridgehead atoms. The van der Waals surface area contributed by atoms with E-state index in [1.165, 1.54) is 23.0 Å². The molecule has 5 rings (SSSR count). The first-order chi connectivity index (χ1) is 19.8. The molecule has 1 saturated carbocycles. The van der Waals surface area contributed by atoms with E-state index in [2.05, 4.69) is 26.3 Å². The predicted molar refractivity (Wildman–Crippen MR) is 161 cm³/mol. The lowest BCUT2D eigenvalue weighted by Gasteiger charge is -2.22. The normalized spacial score (nSPS) is 13.9. The Balaban J connectivity index is 1.40. The number of nitro benzene ring substituents is 1. The molecule has 0 radical (unpaired) electrons. The van der Waals surface area contributed by atoms with Gasteiger partial charge in [0.2, 0.25) is 0 Å². The third-order valence-corrected chi connectivity index (χ3v) is 7.49. The number of nitrogens with zero attached hydrogens (tertiary/aromatic N) is 4. The van der Waals surface area contributed by atoms with Crippen LogP contribution in [0.25, 0.3) is 10.9 Å². The van der Waals surface area contributed by atoms with Crippen molar-refractivity contribution in [3.05, 3.63) is 103 Å². The Kier molecular flexibility index (Phi) is 8.53. The Labute approximate surface area is 244 Å². The molecule has 0 spiro atoms. The molecule has 1 N–H and O–H groups in total. The molecule has 11 heteroatoms. The smallest absolute Gasteiger partial charge is 0.311 e. The highest BCUT2D eigenvalue weighted by molar-refractivity contribution is 9.10. The van der Waals surface area contributed by atoms with Crippen molar-refractivity contribution in [2.75, 3.05) is 11.9 Å². The van der Waals surface area contributed by atoms with E-state index < -0.39 is 17.4 Å². The topological polar surface area (TPSA) is 129 Å². The van der Waals surface area contributed by atoms with Crippen molar-refractivity contribution in [1.29, 1.82) is 0 Å². The summed E-state index contributed by atoms with van der Waals surface area (Å²) in [4.78, 5) is 41.9. The zero-order valence-electron chi connectivity index (χ0n) is 22.4. The molecule has 1 aliphatic carbocycles. The van der Waals surface area contributed by atoms with Crippen LogP contribution in [-0.2, 0) is 4.79 Å². The molecule has 1 amide bonds. The van der Waals surface area contributed by atoms with Gasteiger partial charge in [0.15, 0.2) is 12.4 Å². The maximum absolute atomic E-state index is 13.5. The summed E-state index contributed by atoms with van der Waals surface area (Å²) in [7, 11) is 0. The first kappa shape index (κ1) is 28.2. The predicted octanol–water partition coefficient (Wildman–Crippen LogP) is 6.32. The highest BCUT2D eigenvalue weighted by Gasteiger charge is 2.23. The fraction of sp³-hybridized carbons (Fsp3) is 0.267. The Morgan fingerprint density at radius 1 is 1.15 bits per heavy atom. The van der Waals surface area contributed by atoms with Crippen LogP contribution in [0.1, 0.15) is 55.0 Å². The van der Waals surface area contributed by atoms with Crippen LogP contribution in [0.4, 0.5) is 11.4 Å². The molecule has 0 saturated heterocycles. The van der Waals surface area contributed by atoms with Crippen molar-refractivity contribution in [3.8, 4) is 5.75 Å². The van der Waals surface area contributed by atoms with Gasteiger partial charge in [0.1, 0.15) is 5.82 Å². The van der Waals surface area contributed by atoms with E-state index in [0.717, 1.165) is 42.1 Å². The Morgan fingerprint density at radius 3 is 2.63 bits per heavy atom. The van der Waals surface area contributed by atoms with Crippen LogP contribution < -0.4 is 15.6 Å². The van der Waals surface area contributed by atoms with Crippen LogP contribution in [-0.4, -0.2) is 33.3 Å². The van der Waals surface area contributed by atoms with Gasteiger partial charge < -0.3 is 10.1 Å². The van der Waals surface area contributed by atoms with Crippen molar-refractivity contribution in [2.24, 2.45) is 5.10 Å². The van der Waals surface area contributed by atoms with Crippen molar-refractivity contribution >= 4 is 50.3 Å². The van der Waals surface area contributed by atoms with E-state index in [1.807, 2.05) is 31.2 Å². The molecule has 0 atom stereocenters. The molecule has 0 unspecified atom stereocenters. The molecule has 1 heterocycles. The van der Waals surface area contributed by atoms with Crippen LogP contribution in [0.2, 0.25) is 0 Å². The minimum Gasteiger partial charge on any atom is -0.477 e. The average molecular weight is 618 g/mol. The van der Waals surface area contributed by atoms with Crippen molar-refractivity contribution in [3.63, 3.8) is 0 Å². The van der Waals surface area contributed by atoms with Gasteiger partial charge in [-0.05, 0) is 62.2 Å². The molecule has 0 aliphatic heterocycles. The third-order valence-electron chi connectivity index (χ3n) is 7.00. The summed E-state index contributed by atoms with van der Waals surface area (Å²) < 4.78 is 7.55. The average Bonchev–Trinajstić information content (AvgIpc) is 2.97. The number of fused-ring (bicyclic) bond motifs is 1. The zero-order chi connectivity index (χ0) is 28.9. The highest BCUT2D eigenvalue weighted by atomic mass is 79.9. The van der Waals surface area contributed by atoms with Gasteiger partial charge >= 0.3 is 5.69 Å². The summed E-state index contributed by atoms with van der Waals surface area (Å²) in [5.41, 5.74) is 2.03. The van der Waals surface area contributed by atoms with Gasteiger partial charge in [-0.3, -0.25) is 19.7 Å². The number of aromatic nitrogens is 2. The van der Waals surface area contributed by atoms with Gasteiger partial charge in [-0.2, -0.15) is 9.78 Å². The summed E-state index contributed by atoms with van der Waals surface area (Å²) in [5.74, 6) is 0.190. The van der Waals surface area contributed by atoms with Gasteiger partial charge in [0, 0.05) is 27.7 Å². The first-order valence-corrected chi connectivity index (χ1v) is 14.1. The number of ether oxygens (including phenoxy) is 1. The SMILES string of the molecule is Cc1ccc(NC(=O)COc2ccc(C=Nn3c(C4CCCCC4)nc4ccc(Br)cc4c3=O)cc2[N+](=O)[O-])cc1. The molecular weight excluding hydrogens is 590 g/mol. The standard InChI is InChI=1S/C30H28BrN5O5/c1-19-7-11-23(12-8-19)33-28(37)18-41-27-14-9-20(15-26(27)36(39)40)17-32-35-29(21-5-3-2-4-6-21)34-25-13-10-22(31)16-24(25)30(35)38/h7-17,21H,2-6,18H2,1H3,(H,33,37). The maximum atomic E-state index is 13.5.